The smallest absolute Gasteiger partial charge is 0.246 e. The van der Waals surface area contributed by atoms with Gasteiger partial charge in [-0.1, -0.05) is 19.0 Å². The molecule has 5 nitrogen and oxygen atoms in total. The molecule has 0 unspecified atom stereocenters. The van der Waals surface area contributed by atoms with Crippen LogP contribution in [-0.4, -0.2) is 21.3 Å². The largest absolute Gasteiger partial charge is 0.341 e. The van der Waals surface area contributed by atoms with E-state index in [9.17, 15) is 0 Å². The van der Waals surface area contributed by atoms with Gasteiger partial charge in [0, 0.05) is 24.4 Å². The average molecular weight is 274 g/mol. The maximum absolute atomic E-state index is 5.33. The van der Waals surface area contributed by atoms with E-state index >= 15 is 0 Å². The van der Waals surface area contributed by atoms with Crippen LogP contribution in [0.25, 0.3) is 0 Å². The Balaban J connectivity index is 1.60. The second kappa shape index (κ2) is 5.79. The van der Waals surface area contributed by atoms with Gasteiger partial charge >= 0.3 is 0 Å². The Labute approximate surface area is 119 Å². The zero-order valence-electron chi connectivity index (χ0n) is 12.2. The molecule has 0 radical (unpaired) electrons. The van der Waals surface area contributed by atoms with E-state index in [1.54, 1.807) is 0 Å². The molecule has 0 spiro atoms. The first-order valence-electron chi connectivity index (χ1n) is 7.39. The van der Waals surface area contributed by atoms with E-state index in [0.717, 1.165) is 18.9 Å². The highest BCUT2D eigenvalue weighted by atomic mass is 16.5. The van der Waals surface area contributed by atoms with E-state index in [-0.39, 0.29) is 0 Å². The Hall–Kier alpha value is -1.62. The van der Waals surface area contributed by atoms with Gasteiger partial charge in [-0.3, -0.25) is 0 Å². The summed E-state index contributed by atoms with van der Waals surface area (Å²) in [4.78, 5) is 4.48. The number of rotatable bonds is 7. The Morgan fingerprint density at radius 2 is 2.30 bits per heavy atom. The molecule has 0 aliphatic heterocycles. The molecule has 1 N–H and O–H groups in total. The Morgan fingerprint density at radius 1 is 1.45 bits per heavy atom. The summed E-state index contributed by atoms with van der Waals surface area (Å²) in [5.41, 5.74) is 1.25. The lowest BCUT2D eigenvalue weighted by atomic mass is 10.2. The van der Waals surface area contributed by atoms with Crippen LogP contribution in [-0.2, 0) is 13.1 Å². The minimum atomic E-state index is 0.546. The topological polar surface area (TPSA) is 55.9 Å². The fourth-order valence-corrected chi connectivity index (χ4v) is 2.24. The summed E-state index contributed by atoms with van der Waals surface area (Å²) in [6.45, 7) is 6.98. The first-order chi connectivity index (χ1) is 9.72. The fourth-order valence-electron chi connectivity index (χ4n) is 2.24. The number of aromatic nitrogens is 3. The van der Waals surface area contributed by atoms with E-state index in [1.165, 1.54) is 18.5 Å². The lowest BCUT2D eigenvalue weighted by Crippen LogP contribution is -2.21. The van der Waals surface area contributed by atoms with Crippen molar-refractivity contribution < 1.29 is 4.52 Å². The van der Waals surface area contributed by atoms with Gasteiger partial charge in [0.15, 0.2) is 5.82 Å². The summed E-state index contributed by atoms with van der Waals surface area (Å²) in [6, 6.07) is 4.19. The average Bonchev–Trinajstić information content (AvgIpc) is 3.01. The highest BCUT2D eigenvalue weighted by Gasteiger charge is 2.28. The Bertz CT molecular complexity index is 554. The second-order valence-electron chi connectivity index (χ2n) is 5.97. The number of hydrogen-bond donors (Lipinski definition) is 1. The molecule has 108 valence electrons. The van der Waals surface area contributed by atoms with Crippen molar-refractivity contribution in [2.45, 2.75) is 45.7 Å². The summed E-state index contributed by atoms with van der Waals surface area (Å²) >= 11 is 0. The molecule has 0 aromatic carbocycles. The summed E-state index contributed by atoms with van der Waals surface area (Å²) in [7, 11) is 0. The van der Waals surface area contributed by atoms with Crippen LogP contribution in [0, 0.1) is 5.92 Å². The zero-order chi connectivity index (χ0) is 13.9. The summed E-state index contributed by atoms with van der Waals surface area (Å²) in [5.74, 6) is 2.79. The van der Waals surface area contributed by atoms with E-state index in [2.05, 4.69) is 52.2 Å². The van der Waals surface area contributed by atoms with Gasteiger partial charge in [0.2, 0.25) is 5.89 Å². The molecule has 2 aromatic heterocycles. The van der Waals surface area contributed by atoms with Crippen LogP contribution in [0.2, 0.25) is 0 Å². The van der Waals surface area contributed by atoms with Gasteiger partial charge in [-0.25, -0.2) is 0 Å². The van der Waals surface area contributed by atoms with Crippen molar-refractivity contribution in [3.8, 4) is 0 Å². The molecule has 1 saturated carbocycles. The molecule has 0 atom stereocenters. The minimum absolute atomic E-state index is 0.546. The SMILES string of the molecule is CC(C)CNCc1cccn1Cc1nc(C2CC2)no1. The third-order valence-electron chi connectivity index (χ3n) is 3.51. The maximum Gasteiger partial charge on any atom is 0.246 e. The molecule has 2 aromatic rings. The van der Waals surface area contributed by atoms with Crippen LogP contribution in [0.1, 0.15) is 50.0 Å². The number of hydrogen-bond acceptors (Lipinski definition) is 4. The van der Waals surface area contributed by atoms with Crippen molar-refractivity contribution >= 4 is 0 Å². The van der Waals surface area contributed by atoms with Crippen molar-refractivity contribution in [2.75, 3.05) is 6.54 Å². The van der Waals surface area contributed by atoms with E-state index < -0.39 is 0 Å². The normalized spacial score (nSPS) is 15.2. The molecule has 2 heterocycles. The van der Waals surface area contributed by atoms with Gasteiger partial charge in [0.1, 0.15) is 6.54 Å². The third kappa shape index (κ3) is 3.28. The molecule has 1 aliphatic carbocycles. The van der Waals surface area contributed by atoms with Gasteiger partial charge in [0.25, 0.3) is 0 Å². The maximum atomic E-state index is 5.33. The van der Waals surface area contributed by atoms with E-state index in [0.29, 0.717) is 24.3 Å². The molecular weight excluding hydrogens is 252 g/mol. The van der Waals surface area contributed by atoms with Gasteiger partial charge in [-0.05, 0) is 37.4 Å². The fraction of sp³-hybridized carbons (Fsp3) is 0.600. The molecule has 1 aliphatic rings. The summed E-state index contributed by atoms with van der Waals surface area (Å²) in [5, 5.41) is 7.52. The quantitative estimate of drug-likeness (QED) is 0.843. The molecule has 1 fully saturated rings. The third-order valence-corrected chi connectivity index (χ3v) is 3.51. The molecule has 0 saturated heterocycles. The predicted molar refractivity (Wildman–Crippen MR) is 76.4 cm³/mol. The monoisotopic (exact) mass is 274 g/mol. The van der Waals surface area contributed by atoms with Crippen molar-refractivity contribution in [1.82, 2.24) is 20.0 Å². The predicted octanol–water partition coefficient (Wildman–Crippen LogP) is 2.54. The lowest BCUT2D eigenvalue weighted by molar-refractivity contribution is 0.364. The summed E-state index contributed by atoms with van der Waals surface area (Å²) < 4.78 is 7.50. The Kier molecular flexibility index (Phi) is 3.87. The second-order valence-corrected chi connectivity index (χ2v) is 5.97. The van der Waals surface area contributed by atoms with Crippen LogP contribution in [0.5, 0.6) is 0 Å². The van der Waals surface area contributed by atoms with E-state index in [4.69, 9.17) is 4.52 Å². The van der Waals surface area contributed by atoms with E-state index in [1.807, 2.05) is 0 Å². The van der Waals surface area contributed by atoms with Crippen LogP contribution in [0.4, 0.5) is 0 Å². The molecular formula is C15H22N4O. The van der Waals surface area contributed by atoms with Gasteiger partial charge in [-0.15, -0.1) is 0 Å². The first kappa shape index (κ1) is 13.4. The molecule has 20 heavy (non-hydrogen) atoms. The molecule has 3 rings (SSSR count). The Morgan fingerprint density at radius 3 is 3.05 bits per heavy atom. The molecule has 0 bridgehead atoms. The zero-order valence-corrected chi connectivity index (χ0v) is 12.2. The van der Waals surface area contributed by atoms with Crippen molar-refractivity contribution in [1.29, 1.82) is 0 Å². The minimum Gasteiger partial charge on any atom is -0.341 e. The van der Waals surface area contributed by atoms with Gasteiger partial charge in [0.05, 0.1) is 0 Å². The van der Waals surface area contributed by atoms with Crippen molar-refractivity contribution in [3.63, 3.8) is 0 Å². The van der Waals surface area contributed by atoms with Crippen LogP contribution in [0.3, 0.4) is 0 Å². The molecule has 5 heteroatoms. The standard InChI is InChI=1S/C15H22N4O/c1-11(2)8-16-9-13-4-3-7-19(13)10-14-17-15(18-20-14)12-5-6-12/h3-4,7,11-12,16H,5-6,8-10H2,1-2H3. The highest BCUT2D eigenvalue weighted by Crippen LogP contribution is 2.38. The lowest BCUT2D eigenvalue weighted by Gasteiger charge is -2.09. The number of nitrogens with zero attached hydrogens (tertiary/aromatic N) is 3. The summed E-state index contributed by atoms with van der Waals surface area (Å²) in [6.07, 6.45) is 4.47. The number of nitrogens with one attached hydrogen (secondary N) is 1. The van der Waals surface area contributed by atoms with Crippen molar-refractivity contribution in [2.24, 2.45) is 5.92 Å². The van der Waals surface area contributed by atoms with Gasteiger partial charge in [-0.2, -0.15) is 4.98 Å². The van der Waals surface area contributed by atoms with Crippen LogP contribution < -0.4 is 5.32 Å². The van der Waals surface area contributed by atoms with Crippen LogP contribution >= 0.6 is 0 Å². The van der Waals surface area contributed by atoms with Gasteiger partial charge < -0.3 is 14.4 Å². The highest BCUT2D eigenvalue weighted by molar-refractivity contribution is 5.09. The van der Waals surface area contributed by atoms with Crippen molar-refractivity contribution in [3.05, 3.63) is 35.7 Å². The molecule has 0 amide bonds. The van der Waals surface area contributed by atoms with Crippen LogP contribution in [0.15, 0.2) is 22.9 Å². The first-order valence-corrected chi connectivity index (χ1v) is 7.39.